The Kier molecular flexibility index (Phi) is 8.93. The summed E-state index contributed by atoms with van der Waals surface area (Å²) >= 11 is 0. The highest BCUT2D eigenvalue weighted by Gasteiger charge is 2.30. The Morgan fingerprint density at radius 1 is 1.00 bits per heavy atom. The van der Waals surface area contributed by atoms with E-state index in [2.05, 4.69) is 10.6 Å². The standard InChI is InChI=1S/C29H28F4N4O3/c1-2-14-37(28(39)35-25-11-4-3-10-24(25)30)18-22-9-6-15-36(22)19-23-12-13-26(40-23)27(38)34-17-20-7-5-8-21(16-20)29(31,32)33/h3-13,15-16H,2,14,17-19H2,1H3,(H,34,38)(H,35,39). The van der Waals surface area contributed by atoms with Crippen molar-refractivity contribution in [1.82, 2.24) is 14.8 Å². The first kappa shape index (κ1) is 28.5. The molecule has 0 spiro atoms. The fourth-order valence-electron chi connectivity index (χ4n) is 4.10. The van der Waals surface area contributed by atoms with Gasteiger partial charge in [0.05, 0.1) is 24.3 Å². The second kappa shape index (κ2) is 12.5. The molecule has 4 aromatic rings. The van der Waals surface area contributed by atoms with Gasteiger partial charge in [-0.1, -0.05) is 31.2 Å². The zero-order chi connectivity index (χ0) is 28.7. The van der Waals surface area contributed by atoms with Gasteiger partial charge in [-0.2, -0.15) is 13.2 Å². The summed E-state index contributed by atoms with van der Waals surface area (Å²) in [6, 6.07) is 17.0. The molecule has 0 aliphatic heterocycles. The number of carbonyl (C=O) groups excluding carboxylic acids is 2. The molecule has 2 aromatic carbocycles. The van der Waals surface area contributed by atoms with Crippen molar-refractivity contribution < 1.29 is 31.6 Å². The Bertz CT molecular complexity index is 1460. The van der Waals surface area contributed by atoms with Crippen LogP contribution in [0.15, 0.2) is 83.4 Å². The van der Waals surface area contributed by atoms with Crippen LogP contribution in [0.25, 0.3) is 0 Å². The molecule has 0 aliphatic rings. The van der Waals surface area contributed by atoms with Crippen molar-refractivity contribution in [2.45, 2.75) is 39.2 Å². The van der Waals surface area contributed by atoms with Crippen molar-refractivity contribution in [2.75, 3.05) is 11.9 Å². The Morgan fingerprint density at radius 2 is 1.80 bits per heavy atom. The van der Waals surface area contributed by atoms with E-state index in [4.69, 9.17) is 4.42 Å². The number of furan rings is 1. The number of anilines is 1. The largest absolute Gasteiger partial charge is 0.454 e. The number of hydrogen-bond acceptors (Lipinski definition) is 3. The summed E-state index contributed by atoms with van der Waals surface area (Å²) in [4.78, 5) is 27.0. The van der Waals surface area contributed by atoms with E-state index in [9.17, 15) is 27.2 Å². The number of aromatic nitrogens is 1. The lowest BCUT2D eigenvalue weighted by molar-refractivity contribution is -0.137. The number of para-hydroxylation sites is 1. The van der Waals surface area contributed by atoms with Crippen LogP contribution in [0.2, 0.25) is 0 Å². The molecule has 0 saturated heterocycles. The first-order valence-corrected chi connectivity index (χ1v) is 12.6. The molecule has 2 aromatic heterocycles. The lowest BCUT2D eigenvalue weighted by Crippen LogP contribution is -2.36. The maximum atomic E-state index is 14.0. The second-order valence-corrected chi connectivity index (χ2v) is 9.11. The average molecular weight is 557 g/mol. The van der Waals surface area contributed by atoms with Gasteiger partial charge in [0.1, 0.15) is 11.6 Å². The molecule has 2 heterocycles. The lowest BCUT2D eigenvalue weighted by Gasteiger charge is -2.23. The minimum Gasteiger partial charge on any atom is -0.454 e. The van der Waals surface area contributed by atoms with Gasteiger partial charge in [-0.3, -0.25) is 4.79 Å². The lowest BCUT2D eigenvalue weighted by atomic mass is 10.1. The number of hydrogen-bond donors (Lipinski definition) is 2. The average Bonchev–Trinajstić information content (AvgIpc) is 3.58. The van der Waals surface area contributed by atoms with Crippen LogP contribution in [0, 0.1) is 5.82 Å². The fraction of sp³-hybridized carbons (Fsp3) is 0.241. The number of benzene rings is 2. The quantitative estimate of drug-likeness (QED) is 0.214. The molecular formula is C29H28F4N4O3. The van der Waals surface area contributed by atoms with Gasteiger partial charge in [0.25, 0.3) is 5.91 Å². The first-order valence-electron chi connectivity index (χ1n) is 12.6. The second-order valence-electron chi connectivity index (χ2n) is 9.11. The van der Waals surface area contributed by atoms with Crippen molar-refractivity contribution in [3.05, 3.63) is 113 Å². The predicted molar refractivity (Wildman–Crippen MR) is 141 cm³/mol. The summed E-state index contributed by atoms with van der Waals surface area (Å²) in [6.45, 7) is 2.82. The van der Waals surface area contributed by atoms with Gasteiger partial charge in [-0.25, -0.2) is 9.18 Å². The molecule has 0 aliphatic carbocycles. The summed E-state index contributed by atoms with van der Waals surface area (Å²) in [7, 11) is 0. The van der Waals surface area contributed by atoms with Gasteiger partial charge >= 0.3 is 12.2 Å². The molecule has 0 atom stereocenters. The number of halogens is 4. The monoisotopic (exact) mass is 556 g/mol. The number of nitrogens with zero attached hydrogens (tertiary/aromatic N) is 2. The van der Waals surface area contributed by atoms with Crippen LogP contribution in [0.4, 0.5) is 28.0 Å². The molecule has 3 amide bonds. The molecule has 4 rings (SSSR count). The Labute approximate surface area is 228 Å². The van der Waals surface area contributed by atoms with Crippen molar-refractivity contribution in [3.63, 3.8) is 0 Å². The Balaban J connectivity index is 1.37. The summed E-state index contributed by atoms with van der Waals surface area (Å²) in [5, 5.41) is 5.18. The number of rotatable bonds is 10. The molecule has 7 nitrogen and oxygen atoms in total. The summed E-state index contributed by atoms with van der Waals surface area (Å²) in [6.07, 6.45) is -1.96. The zero-order valence-electron chi connectivity index (χ0n) is 21.7. The third-order valence-electron chi connectivity index (χ3n) is 6.09. The van der Waals surface area contributed by atoms with Crippen LogP contribution in [0.1, 0.15) is 46.5 Å². The molecule has 0 bridgehead atoms. The van der Waals surface area contributed by atoms with Gasteiger partial charge in [0.15, 0.2) is 5.76 Å². The molecule has 210 valence electrons. The van der Waals surface area contributed by atoms with Crippen molar-refractivity contribution in [3.8, 4) is 0 Å². The van der Waals surface area contributed by atoms with Gasteiger partial charge in [-0.05, 0) is 60.5 Å². The molecular weight excluding hydrogens is 528 g/mol. The number of urea groups is 1. The molecule has 11 heteroatoms. The summed E-state index contributed by atoms with van der Waals surface area (Å²) < 4.78 is 60.4. The maximum absolute atomic E-state index is 14.0. The van der Waals surface area contributed by atoms with E-state index >= 15 is 0 Å². The van der Waals surface area contributed by atoms with Crippen molar-refractivity contribution >= 4 is 17.6 Å². The van der Waals surface area contributed by atoms with Crippen LogP contribution in [-0.2, 0) is 25.8 Å². The van der Waals surface area contributed by atoms with Crippen molar-refractivity contribution in [2.24, 2.45) is 0 Å². The molecule has 40 heavy (non-hydrogen) atoms. The Hall–Kier alpha value is -4.54. The van der Waals surface area contributed by atoms with Crippen LogP contribution >= 0.6 is 0 Å². The third kappa shape index (κ3) is 7.31. The smallest absolute Gasteiger partial charge is 0.416 e. The molecule has 0 fully saturated rings. The van der Waals surface area contributed by atoms with E-state index in [1.54, 1.807) is 23.1 Å². The van der Waals surface area contributed by atoms with E-state index < -0.39 is 29.5 Å². The number of nitrogens with one attached hydrogen (secondary N) is 2. The van der Waals surface area contributed by atoms with Crippen LogP contribution in [0.5, 0.6) is 0 Å². The molecule has 0 unspecified atom stereocenters. The van der Waals surface area contributed by atoms with Crippen LogP contribution in [0.3, 0.4) is 0 Å². The summed E-state index contributed by atoms with van der Waals surface area (Å²) in [5.41, 5.74) is 0.411. The fourth-order valence-corrected chi connectivity index (χ4v) is 4.10. The maximum Gasteiger partial charge on any atom is 0.416 e. The van der Waals surface area contributed by atoms with Gasteiger partial charge in [0.2, 0.25) is 0 Å². The van der Waals surface area contributed by atoms with E-state index in [1.807, 2.05) is 29.8 Å². The van der Waals surface area contributed by atoms with Crippen LogP contribution < -0.4 is 10.6 Å². The van der Waals surface area contributed by atoms with E-state index in [0.29, 0.717) is 24.3 Å². The highest BCUT2D eigenvalue weighted by Crippen LogP contribution is 2.29. The normalized spacial score (nSPS) is 11.3. The number of amides is 3. The van der Waals surface area contributed by atoms with Crippen LogP contribution in [-0.4, -0.2) is 28.0 Å². The molecule has 2 N–H and O–H groups in total. The highest BCUT2D eigenvalue weighted by atomic mass is 19.4. The third-order valence-corrected chi connectivity index (χ3v) is 6.09. The minimum absolute atomic E-state index is 0.0209. The predicted octanol–water partition coefficient (Wildman–Crippen LogP) is 6.66. The minimum atomic E-state index is -4.47. The van der Waals surface area contributed by atoms with E-state index in [1.165, 1.54) is 30.3 Å². The molecule has 0 radical (unpaired) electrons. The van der Waals surface area contributed by atoms with Gasteiger partial charge < -0.3 is 24.5 Å². The first-order chi connectivity index (χ1) is 19.1. The van der Waals surface area contributed by atoms with E-state index in [0.717, 1.165) is 17.8 Å². The molecule has 0 saturated carbocycles. The highest BCUT2D eigenvalue weighted by molar-refractivity contribution is 5.91. The summed E-state index contributed by atoms with van der Waals surface area (Å²) in [5.74, 6) is -0.592. The topological polar surface area (TPSA) is 79.5 Å². The van der Waals surface area contributed by atoms with Crippen molar-refractivity contribution in [1.29, 1.82) is 0 Å². The Morgan fingerprint density at radius 3 is 2.55 bits per heavy atom. The van der Waals surface area contributed by atoms with E-state index in [-0.39, 0.29) is 31.1 Å². The van der Waals surface area contributed by atoms with Gasteiger partial charge in [0, 0.05) is 25.0 Å². The SMILES string of the molecule is CCCN(Cc1cccn1Cc1ccc(C(=O)NCc2cccc(C(F)(F)F)c2)o1)C(=O)Nc1ccccc1F. The van der Waals surface area contributed by atoms with Gasteiger partial charge in [-0.15, -0.1) is 0 Å². The number of alkyl halides is 3. The number of carbonyl (C=O) groups is 2. The zero-order valence-corrected chi connectivity index (χ0v) is 21.7.